The molecule has 7 heteroatoms. The molecule has 0 bridgehead atoms. The van der Waals surface area contributed by atoms with Crippen LogP contribution in [-0.4, -0.2) is 36.4 Å². The van der Waals surface area contributed by atoms with Crippen LogP contribution in [0, 0.1) is 0 Å². The molecule has 0 unspecified atom stereocenters. The normalized spacial score (nSPS) is 10.7. The molecule has 1 aromatic heterocycles. The Morgan fingerprint density at radius 2 is 1.88 bits per heavy atom. The van der Waals surface area contributed by atoms with Gasteiger partial charge in [0.05, 0.1) is 23.4 Å². The predicted molar refractivity (Wildman–Crippen MR) is 97.6 cm³/mol. The number of ether oxygens (including phenoxy) is 1. The van der Waals surface area contributed by atoms with E-state index in [0.717, 1.165) is 11.3 Å². The van der Waals surface area contributed by atoms with Gasteiger partial charge in [-0.2, -0.15) is 5.10 Å². The summed E-state index contributed by atoms with van der Waals surface area (Å²) in [6, 6.07) is 11.4. The van der Waals surface area contributed by atoms with E-state index < -0.39 is 0 Å². The van der Waals surface area contributed by atoms with E-state index in [-0.39, 0.29) is 0 Å². The van der Waals surface area contributed by atoms with E-state index in [9.17, 15) is 0 Å². The van der Waals surface area contributed by atoms with Crippen LogP contribution in [0.15, 0.2) is 36.4 Å². The Bertz CT molecular complexity index is 858. The van der Waals surface area contributed by atoms with Crippen LogP contribution < -0.4 is 15.4 Å². The number of aromatic nitrogens is 3. The van der Waals surface area contributed by atoms with Gasteiger partial charge in [0.1, 0.15) is 5.75 Å². The molecule has 0 fully saturated rings. The van der Waals surface area contributed by atoms with Crippen molar-refractivity contribution >= 4 is 23.0 Å². The number of methoxy groups -OCH3 is 1. The van der Waals surface area contributed by atoms with Gasteiger partial charge < -0.3 is 15.4 Å². The van der Waals surface area contributed by atoms with Crippen molar-refractivity contribution in [3.63, 3.8) is 0 Å². The molecule has 0 atom stereocenters. The van der Waals surface area contributed by atoms with E-state index in [1.165, 1.54) is 0 Å². The zero-order chi connectivity index (χ0) is 17.3. The summed E-state index contributed by atoms with van der Waals surface area (Å²) in [5.41, 5.74) is 9.01. The molecule has 0 saturated carbocycles. The minimum Gasteiger partial charge on any atom is -0.496 e. The molecule has 0 aliphatic rings. The van der Waals surface area contributed by atoms with Crippen LogP contribution in [0.1, 0.15) is 0 Å². The van der Waals surface area contributed by atoms with Gasteiger partial charge >= 0.3 is 0 Å². The van der Waals surface area contributed by atoms with E-state index in [1.54, 1.807) is 19.2 Å². The van der Waals surface area contributed by atoms with Crippen molar-refractivity contribution in [2.45, 2.75) is 0 Å². The lowest BCUT2D eigenvalue weighted by Crippen LogP contribution is -2.07. The summed E-state index contributed by atoms with van der Waals surface area (Å²) in [6.07, 6.45) is 0. The number of hydrogen-bond acceptors (Lipinski definition) is 5. The summed E-state index contributed by atoms with van der Waals surface area (Å²) in [6.45, 7) is 0. The number of halogens is 1. The molecule has 0 spiro atoms. The SMILES string of the molecule is COc1cc(N)c(Cl)cc1-c1nc(-c2ccc(N(C)C)cc2)n[nH]1. The fourth-order valence-corrected chi connectivity index (χ4v) is 2.51. The molecule has 1 heterocycles. The third-order valence-electron chi connectivity index (χ3n) is 3.70. The molecule has 3 rings (SSSR count). The van der Waals surface area contributed by atoms with Gasteiger partial charge in [-0.05, 0) is 30.3 Å². The van der Waals surface area contributed by atoms with Crippen molar-refractivity contribution in [2.75, 3.05) is 31.8 Å². The Kier molecular flexibility index (Phi) is 4.31. The van der Waals surface area contributed by atoms with Crippen LogP contribution in [0.5, 0.6) is 5.75 Å². The quantitative estimate of drug-likeness (QED) is 0.709. The van der Waals surface area contributed by atoms with E-state index in [1.807, 2.05) is 43.3 Å². The Morgan fingerprint density at radius 1 is 1.17 bits per heavy atom. The largest absolute Gasteiger partial charge is 0.496 e. The highest BCUT2D eigenvalue weighted by molar-refractivity contribution is 6.33. The number of H-pyrrole nitrogens is 1. The van der Waals surface area contributed by atoms with Gasteiger partial charge in [0.2, 0.25) is 0 Å². The van der Waals surface area contributed by atoms with Gasteiger partial charge in [-0.3, -0.25) is 5.10 Å². The van der Waals surface area contributed by atoms with Crippen molar-refractivity contribution < 1.29 is 4.74 Å². The molecule has 0 aliphatic heterocycles. The minimum atomic E-state index is 0.444. The predicted octanol–water partition coefficient (Wildman–Crippen LogP) is 3.45. The molecular formula is C17H18ClN5O. The van der Waals surface area contributed by atoms with Gasteiger partial charge in [0.25, 0.3) is 0 Å². The van der Waals surface area contributed by atoms with Crippen LogP contribution in [0.3, 0.4) is 0 Å². The first kappa shape index (κ1) is 16.1. The highest BCUT2D eigenvalue weighted by Gasteiger charge is 2.14. The van der Waals surface area contributed by atoms with Crippen molar-refractivity contribution in [3.8, 4) is 28.5 Å². The number of anilines is 2. The van der Waals surface area contributed by atoms with Crippen LogP contribution >= 0.6 is 11.6 Å². The molecule has 2 aromatic carbocycles. The lowest BCUT2D eigenvalue weighted by atomic mass is 10.1. The van der Waals surface area contributed by atoms with Gasteiger partial charge in [-0.1, -0.05) is 11.6 Å². The molecular weight excluding hydrogens is 326 g/mol. The van der Waals surface area contributed by atoms with Crippen molar-refractivity contribution in [1.82, 2.24) is 15.2 Å². The summed E-state index contributed by atoms with van der Waals surface area (Å²) in [4.78, 5) is 6.58. The Morgan fingerprint density at radius 3 is 2.50 bits per heavy atom. The summed E-state index contributed by atoms with van der Waals surface area (Å²) in [7, 11) is 5.57. The maximum Gasteiger partial charge on any atom is 0.181 e. The summed E-state index contributed by atoms with van der Waals surface area (Å²) < 4.78 is 5.36. The monoisotopic (exact) mass is 343 g/mol. The van der Waals surface area contributed by atoms with Crippen LogP contribution in [-0.2, 0) is 0 Å². The van der Waals surface area contributed by atoms with Crippen LogP contribution in [0.4, 0.5) is 11.4 Å². The molecule has 24 heavy (non-hydrogen) atoms. The number of nitrogen functional groups attached to an aromatic ring is 1. The van der Waals surface area contributed by atoms with Crippen LogP contribution in [0.2, 0.25) is 5.02 Å². The maximum atomic E-state index is 6.12. The molecule has 3 N–H and O–H groups in total. The number of nitrogens with zero attached hydrogens (tertiary/aromatic N) is 3. The van der Waals surface area contributed by atoms with Crippen LogP contribution in [0.25, 0.3) is 22.8 Å². The molecule has 0 aliphatic carbocycles. The Balaban J connectivity index is 1.98. The molecule has 3 aromatic rings. The van der Waals surface area contributed by atoms with E-state index >= 15 is 0 Å². The fourth-order valence-electron chi connectivity index (χ4n) is 2.34. The molecule has 6 nitrogen and oxygen atoms in total. The number of hydrogen-bond donors (Lipinski definition) is 2. The zero-order valence-electron chi connectivity index (χ0n) is 13.7. The topological polar surface area (TPSA) is 80.1 Å². The smallest absolute Gasteiger partial charge is 0.181 e. The standard InChI is InChI=1S/C17H18ClN5O/c1-23(2)11-6-4-10(5-7-11)16-20-17(22-21-16)12-8-13(18)14(19)9-15(12)24-3/h4-9H,19H2,1-3H3,(H,20,21,22). The first-order valence-electron chi connectivity index (χ1n) is 7.33. The highest BCUT2D eigenvalue weighted by atomic mass is 35.5. The molecule has 124 valence electrons. The third kappa shape index (κ3) is 3.00. The Labute approximate surface area is 145 Å². The van der Waals surface area contributed by atoms with Gasteiger partial charge in [-0.25, -0.2) is 4.98 Å². The van der Waals surface area contributed by atoms with E-state index in [2.05, 4.69) is 15.2 Å². The Hall–Kier alpha value is -2.73. The number of nitrogens with one attached hydrogen (secondary N) is 1. The number of benzene rings is 2. The summed E-state index contributed by atoms with van der Waals surface area (Å²) in [5, 5.41) is 7.66. The van der Waals surface area contributed by atoms with Crippen molar-refractivity contribution in [2.24, 2.45) is 0 Å². The van der Waals surface area contributed by atoms with E-state index in [0.29, 0.717) is 33.7 Å². The van der Waals surface area contributed by atoms with Gasteiger partial charge in [-0.15, -0.1) is 0 Å². The second kappa shape index (κ2) is 6.41. The average Bonchev–Trinajstić information content (AvgIpc) is 3.06. The summed E-state index contributed by atoms with van der Waals surface area (Å²) in [5.74, 6) is 1.76. The maximum absolute atomic E-state index is 6.12. The summed E-state index contributed by atoms with van der Waals surface area (Å²) >= 11 is 6.12. The van der Waals surface area contributed by atoms with Crippen molar-refractivity contribution in [3.05, 3.63) is 41.4 Å². The van der Waals surface area contributed by atoms with Crippen molar-refractivity contribution in [1.29, 1.82) is 0 Å². The minimum absolute atomic E-state index is 0.444. The first-order valence-corrected chi connectivity index (χ1v) is 7.71. The molecule has 0 amide bonds. The lowest BCUT2D eigenvalue weighted by molar-refractivity contribution is 0.416. The first-order chi connectivity index (χ1) is 11.5. The average molecular weight is 344 g/mol. The lowest BCUT2D eigenvalue weighted by Gasteiger charge is -2.11. The number of nitrogens with two attached hydrogens (primary N) is 1. The zero-order valence-corrected chi connectivity index (χ0v) is 14.4. The number of aromatic amines is 1. The molecule has 0 radical (unpaired) electrons. The fraction of sp³-hybridized carbons (Fsp3) is 0.176. The molecule has 0 saturated heterocycles. The highest BCUT2D eigenvalue weighted by Crippen LogP contribution is 2.35. The second-order valence-electron chi connectivity index (χ2n) is 5.52. The van der Waals surface area contributed by atoms with E-state index in [4.69, 9.17) is 22.1 Å². The van der Waals surface area contributed by atoms with Gasteiger partial charge in [0.15, 0.2) is 11.6 Å². The third-order valence-corrected chi connectivity index (χ3v) is 4.03. The van der Waals surface area contributed by atoms with Gasteiger partial charge in [0, 0.05) is 31.4 Å². The number of rotatable bonds is 4. The second-order valence-corrected chi connectivity index (χ2v) is 5.93.